The number of anilines is 1. The van der Waals surface area contributed by atoms with Gasteiger partial charge in [0.15, 0.2) is 6.61 Å². The highest BCUT2D eigenvalue weighted by Gasteiger charge is 2.22. The highest BCUT2D eigenvalue weighted by molar-refractivity contribution is 6.06. The van der Waals surface area contributed by atoms with Gasteiger partial charge in [-0.15, -0.1) is 0 Å². The largest absolute Gasteiger partial charge is 0.482 e. The van der Waals surface area contributed by atoms with Crippen LogP contribution in [0.2, 0.25) is 0 Å². The van der Waals surface area contributed by atoms with Gasteiger partial charge < -0.3 is 15.4 Å². The molecule has 1 aliphatic heterocycles. The van der Waals surface area contributed by atoms with Crippen molar-refractivity contribution in [3.05, 3.63) is 53.9 Å². The van der Waals surface area contributed by atoms with Crippen molar-refractivity contribution in [2.45, 2.75) is 6.54 Å². The predicted molar refractivity (Wildman–Crippen MR) is 76.0 cm³/mol. The van der Waals surface area contributed by atoms with E-state index in [1.807, 2.05) is 6.07 Å². The lowest BCUT2D eigenvalue weighted by Gasteiger charge is -2.20. The highest BCUT2D eigenvalue weighted by atomic mass is 16.5. The summed E-state index contributed by atoms with van der Waals surface area (Å²) in [5.74, 6) is -0.0415. The second-order valence-electron chi connectivity index (χ2n) is 4.56. The molecule has 2 heterocycles. The Morgan fingerprint density at radius 1 is 1.33 bits per heavy atom. The van der Waals surface area contributed by atoms with Crippen molar-refractivity contribution >= 4 is 17.5 Å². The summed E-state index contributed by atoms with van der Waals surface area (Å²) in [6.45, 7) is 0.332. The fourth-order valence-corrected chi connectivity index (χ4v) is 2.07. The quantitative estimate of drug-likeness (QED) is 0.891. The SMILES string of the molecule is O=C1COc2cccc(C(=O)NCc3cccnc3)c2N1. The van der Waals surface area contributed by atoms with Crippen molar-refractivity contribution in [3.8, 4) is 5.75 Å². The van der Waals surface area contributed by atoms with Crippen LogP contribution in [0.5, 0.6) is 5.75 Å². The van der Waals surface area contributed by atoms with Crippen molar-refractivity contribution < 1.29 is 14.3 Å². The molecule has 0 bridgehead atoms. The van der Waals surface area contributed by atoms with Gasteiger partial charge in [-0.1, -0.05) is 12.1 Å². The normalized spacial score (nSPS) is 12.9. The molecule has 1 aliphatic rings. The number of para-hydroxylation sites is 1. The standard InChI is InChI=1S/C15H13N3O3/c19-13-9-21-12-5-1-4-11(14(12)18-13)15(20)17-8-10-3-2-6-16-7-10/h1-7H,8-9H2,(H,17,20)(H,18,19). The van der Waals surface area contributed by atoms with Crippen LogP contribution in [0.1, 0.15) is 15.9 Å². The fraction of sp³-hybridized carbons (Fsp3) is 0.133. The van der Waals surface area contributed by atoms with Crippen LogP contribution in [-0.2, 0) is 11.3 Å². The third kappa shape index (κ3) is 2.84. The molecule has 21 heavy (non-hydrogen) atoms. The molecule has 6 heteroatoms. The average Bonchev–Trinajstić information content (AvgIpc) is 2.53. The number of carbonyl (C=O) groups excluding carboxylic acids is 2. The number of benzene rings is 1. The maximum atomic E-state index is 12.3. The van der Waals surface area contributed by atoms with Gasteiger partial charge >= 0.3 is 0 Å². The Labute approximate surface area is 121 Å². The minimum absolute atomic E-state index is 0.0340. The summed E-state index contributed by atoms with van der Waals surface area (Å²) in [5.41, 5.74) is 1.69. The molecule has 0 spiro atoms. The Kier molecular flexibility index (Phi) is 3.51. The van der Waals surface area contributed by atoms with E-state index >= 15 is 0 Å². The zero-order chi connectivity index (χ0) is 14.7. The molecule has 2 N–H and O–H groups in total. The summed E-state index contributed by atoms with van der Waals surface area (Å²) in [6.07, 6.45) is 3.36. The van der Waals surface area contributed by atoms with Crippen molar-refractivity contribution in [1.82, 2.24) is 10.3 Å². The maximum absolute atomic E-state index is 12.3. The van der Waals surface area contributed by atoms with Gasteiger partial charge in [0, 0.05) is 18.9 Å². The minimum Gasteiger partial charge on any atom is -0.482 e. The number of carbonyl (C=O) groups is 2. The van der Waals surface area contributed by atoms with Gasteiger partial charge in [0.2, 0.25) is 0 Å². The Morgan fingerprint density at radius 2 is 2.24 bits per heavy atom. The van der Waals surface area contributed by atoms with Gasteiger partial charge in [0.25, 0.3) is 11.8 Å². The molecule has 2 amide bonds. The molecule has 1 aromatic carbocycles. The Bertz CT molecular complexity index is 686. The molecule has 0 atom stereocenters. The van der Waals surface area contributed by atoms with Crippen LogP contribution in [0.4, 0.5) is 5.69 Å². The Balaban J connectivity index is 1.77. The van der Waals surface area contributed by atoms with Crippen molar-refractivity contribution in [2.24, 2.45) is 0 Å². The van der Waals surface area contributed by atoms with Gasteiger partial charge in [0.05, 0.1) is 11.3 Å². The summed E-state index contributed by atoms with van der Waals surface area (Å²) in [4.78, 5) is 27.6. The molecule has 0 saturated heterocycles. The summed E-state index contributed by atoms with van der Waals surface area (Å²) >= 11 is 0. The van der Waals surface area contributed by atoms with Crippen LogP contribution >= 0.6 is 0 Å². The van der Waals surface area contributed by atoms with E-state index in [1.165, 1.54) is 0 Å². The zero-order valence-electron chi connectivity index (χ0n) is 11.1. The smallest absolute Gasteiger partial charge is 0.262 e. The van der Waals surface area contributed by atoms with E-state index in [4.69, 9.17) is 4.74 Å². The summed E-state index contributed by atoms with van der Waals surface area (Å²) < 4.78 is 5.29. The molecule has 6 nitrogen and oxygen atoms in total. The van der Waals surface area contributed by atoms with E-state index < -0.39 is 0 Å². The summed E-state index contributed by atoms with van der Waals surface area (Å²) in [6, 6.07) is 8.76. The molecule has 106 valence electrons. The molecular formula is C15H13N3O3. The third-order valence-electron chi connectivity index (χ3n) is 3.07. The number of pyridine rings is 1. The Hall–Kier alpha value is -2.89. The molecule has 1 aromatic heterocycles. The van der Waals surface area contributed by atoms with E-state index in [2.05, 4.69) is 15.6 Å². The number of aromatic nitrogens is 1. The minimum atomic E-state index is -0.276. The molecular weight excluding hydrogens is 270 g/mol. The maximum Gasteiger partial charge on any atom is 0.262 e. The number of hydrogen-bond acceptors (Lipinski definition) is 4. The van der Waals surface area contributed by atoms with Gasteiger partial charge in [-0.25, -0.2) is 0 Å². The van der Waals surface area contributed by atoms with Crippen molar-refractivity contribution in [3.63, 3.8) is 0 Å². The van der Waals surface area contributed by atoms with Gasteiger partial charge in [0.1, 0.15) is 5.75 Å². The first-order chi connectivity index (χ1) is 10.2. The molecule has 0 fully saturated rings. The van der Waals surface area contributed by atoms with E-state index in [1.54, 1.807) is 36.7 Å². The lowest BCUT2D eigenvalue weighted by Crippen LogP contribution is -2.29. The molecule has 3 rings (SSSR count). The topological polar surface area (TPSA) is 80.3 Å². The van der Waals surface area contributed by atoms with Crippen LogP contribution in [0.3, 0.4) is 0 Å². The number of ether oxygens (including phenoxy) is 1. The van der Waals surface area contributed by atoms with Crippen molar-refractivity contribution in [1.29, 1.82) is 0 Å². The molecule has 0 unspecified atom stereocenters. The number of rotatable bonds is 3. The number of fused-ring (bicyclic) bond motifs is 1. The molecule has 0 radical (unpaired) electrons. The summed E-state index contributed by atoms with van der Waals surface area (Å²) in [7, 11) is 0. The second-order valence-corrected chi connectivity index (χ2v) is 4.56. The van der Waals surface area contributed by atoms with Crippen LogP contribution in [0, 0.1) is 0 Å². The monoisotopic (exact) mass is 283 g/mol. The van der Waals surface area contributed by atoms with Crippen LogP contribution in [-0.4, -0.2) is 23.4 Å². The molecule has 0 saturated carbocycles. The van der Waals surface area contributed by atoms with Crippen LogP contribution in [0.15, 0.2) is 42.7 Å². The average molecular weight is 283 g/mol. The number of nitrogens with zero attached hydrogens (tertiary/aromatic N) is 1. The number of amides is 2. The van der Waals surface area contributed by atoms with Gasteiger partial charge in [-0.05, 0) is 23.8 Å². The second kappa shape index (κ2) is 5.62. The molecule has 2 aromatic rings. The predicted octanol–water partition coefficient (Wildman–Crippen LogP) is 1.34. The highest BCUT2D eigenvalue weighted by Crippen LogP contribution is 2.30. The lowest BCUT2D eigenvalue weighted by atomic mass is 10.1. The van der Waals surface area contributed by atoms with Gasteiger partial charge in [-0.3, -0.25) is 14.6 Å². The van der Waals surface area contributed by atoms with E-state index in [0.29, 0.717) is 23.5 Å². The van der Waals surface area contributed by atoms with E-state index in [0.717, 1.165) is 5.56 Å². The first kappa shape index (κ1) is 13.1. The van der Waals surface area contributed by atoms with Crippen LogP contribution in [0.25, 0.3) is 0 Å². The van der Waals surface area contributed by atoms with E-state index in [9.17, 15) is 9.59 Å². The van der Waals surface area contributed by atoms with Gasteiger partial charge in [-0.2, -0.15) is 0 Å². The number of hydrogen-bond donors (Lipinski definition) is 2. The fourth-order valence-electron chi connectivity index (χ4n) is 2.07. The third-order valence-corrected chi connectivity index (χ3v) is 3.07. The van der Waals surface area contributed by atoms with Crippen LogP contribution < -0.4 is 15.4 Å². The lowest BCUT2D eigenvalue weighted by molar-refractivity contribution is -0.118. The Morgan fingerprint density at radius 3 is 3.05 bits per heavy atom. The number of nitrogens with one attached hydrogen (secondary N) is 2. The summed E-state index contributed by atoms with van der Waals surface area (Å²) in [5, 5.41) is 5.46. The molecule has 0 aliphatic carbocycles. The first-order valence-corrected chi connectivity index (χ1v) is 6.47. The first-order valence-electron chi connectivity index (χ1n) is 6.47. The van der Waals surface area contributed by atoms with E-state index in [-0.39, 0.29) is 18.4 Å². The van der Waals surface area contributed by atoms with Crippen molar-refractivity contribution in [2.75, 3.05) is 11.9 Å². The zero-order valence-corrected chi connectivity index (χ0v) is 11.1.